The van der Waals surface area contributed by atoms with Crippen molar-refractivity contribution in [1.29, 1.82) is 0 Å². The van der Waals surface area contributed by atoms with Crippen LogP contribution >= 0.6 is 0 Å². The lowest BCUT2D eigenvalue weighted by Crippen LogP contribution is -2.44. The van der Waals surface area contributed by atoms with Gasteiger partial charge in [0.2, 0.25) is 0 Å². The van der Waals surface area contributed by atoms with Crippen LogP contribution in [0.4, 0.5) is 13.6 Å². The van der Waals surface area contributed by atoms with Crippen molar-refractivity contribution >= 4 is 18.0 Å². The standard InChI is InChI=1S/C24H28F2N2O3.C4H4O4/c1-27-16-22(31-23(27)29)12-15-28-13-10-19(11-14-28)24(30,17-2-6-20(25)7-3-17)18-4-8-21(26)9-5-18;5-3(6)1-2-4(7)8/h2-9,19,22,30H,10-16H2,1H3;1-2H,(H,5,6)(H,7,8)/b;2-1+. The summed E-state index contributed by atoms with van der Waals surface area (Å²) in [6.45, 7) is 3.03. The maximum Gasteiger partial charge on any atom is 0.409 e. The summed E-state index contributed by atoms with van der Waals surface area (Å²) in [5.74, 6) is -3.33. The molecule has 1 atom stereocenters. The number of ether oxygens (including phenoxy) is 1. The SMILES string of the molecule is CN1CC(CCN2CCC(C(O)(c3ccc(F)cc3)c3ccc(F)cc3)CC2)OC1=O.O=C(O)/C=C/C(=O)O. The number of carboxylic acids is 2. The largest absolute Gasteiger partial charge is 0.478 e. The van der Waals surface area contributed by atoms with Crippen molar-refractivity contribution in [2.45, 2.75) is 31.0 Å². The fourth-order valence-corrected chi connectivity index (χ4v) is 4.89. The number of aliphatic hydroxyl groups is 1. The minimum atomic E-state index is -1.32. The predicted octanol–water partition coefficient (Wildman–Crippen LogP) is 3.47. The van der Waals surface area contributed by atoms with Crippen molar-refractivity contribution in [3.8, 4) is 0 Å². The van der Waals surface area contributed by atoms with Crippen LogP contribution < -0.4 is 0 Å². The van der Waals surface area contributed by atoms with E-state index in [9.17, 15) is 28.3 Å². The number of carbonyl (C=O) groups excluding carboxylic acids is 1. The Hall–Kier alpha value is -3.83. The van der Waals surface area contributed by atoms with Gasteiger partial charge in [-0.05, 0) is 73.7 Å². The molecule has 0 radical (unpaired) electrons. The van der Waals surface area contributed by atoms with E-state index in [0.717, 1.165) is 38.9 Å². The highest BCUT2D eigenvalue weighted by Gasteiger charge is 2.42. The van der Waals surface area contributed by atoms with E-state index >= 15 is 0 Å². The third kappa shape index (κ3) is 8.08. The molecule has 2 heterocycles. The monoisotopic (exact) mass is 546 g/mol. The van der Waals surface area contributed by atoms with Crippen LogP contribution in [-0.4, -0.2) is 82.5 Å². The molecule has 0 aliphatic carbocycles. The number of benzene rings is 2. The van der Waals surface area contributed by atoms with Gasteiger partial charge in [0.05, 0.1) is 6.54 Å². The van der Waals surface area contributed by atoms with E-state index in [1.807, 2.05) is 0 Å². The fraction of sp³-hybridized carbons (Fsp3) is 0.393. The first kappa shape index (κ1) is 29.7. The minimum absolute atomic E-state index is 0.0782. The Morgan fingerprint density at radius 2 is 1.41 bits per heavy atom. The van der Waals surface area contributed by atoms with Crippen molar-refractivity contribution in [2.24, 2.45) is 5.92 Å². The predicted molar refractivity (Wildman–Crippen MR) is 137 cm³/mol. The lowest BCUT2D eigenvalue weighted by atomic mass is 9.72. The molecule has 9 nitrogen and oxygen atoms in total. The van der Waals surface area contributed by atoms with Gasteiger partial charge in [0.1, 0.15) is 23.3 Å². The molecule has 2 aliphatic heterocycles. The summed E-state index contributed by atoms with van der Waals surface area (Å²) in [6.07, 6.45) is 3.04. The first-order chi connectivity index (χ1) is 18.5. The number of likely N-dealkylation sites (N-methyl/N-ethyl adjacent to an activating group) is 1. The lowest BCUT2D eigenvalue weighted by molar-refractivity contribution is -0.134. The van der Waals surface area contributed by atoms with Crippen molar-refractivity contribution in [1.82, 2.24) is 9.80 Å². The molecule has 0 bridgehead atoms. The first-order valence-corrected chi connectivity index (χ1v) is 12.5. The molecule has 0 spiro atoms. The van der Waals surface area contributed by atoms with Crippen LogP contribution in [0, 0.1) is 17.6 Å². The molecule has 39 heavy (non-hydrogen) atoms. The zero-order chi connectivity index (χ0) is 28.6. The maximum absolute atomic E-state index is 13.5. The number of likely N-dealkylation sites (tertiary alicyclic amines) is 1. The molecule has 2 fully saturated rings. The number of cyclic esters (lactones) is 1. The highest BCUT2D eigenvalue weighted by Crippen LogP contribution is 2.42. The number of hydrogen-bond donors (Lipinski definition) is 3. The van der Waals surface area contributed by atoms with Gasteiger partial charge in [-0.1, -0.05) is 24.3 Å². The van der Waals surface area contributed by atoms with Gasteiger partial charge < -0.3 is 29.9 Å². The summed E-state index contributed by atoms with van der Waals surface area (Å²) in [6, 6.07) is 11.8. The van der Waals surface area contributed by atoms with Gasteiger partial charge in [0.25, 0.3) is 0 Å². The molecule has 11 heteroatoms. The van der Waals surface area contributed by atoms with E-state index in [1.165, 1.54) is 24.3 Å². The van der Waals surface area contributed by atoms with Crippen LogP contribution in [0.25, 0.3) is 0 Å². The molecule has 2 aromatic carbocycles. The van der Waals surface area contributed by atoms with E-state index < -0.39 is 17.5 Å². The maximum atomic E-state index is 13.5. The first-order valence-electron chi connectivity index (χ1n) is 12.5. The second kappa shape index (κ2) is 13.3. The molecule has 2 saturated heterocycles. The van der Waals surface area contributed by atoms with Crippen molar-refractivity contribution in [2.75, 3.05) is 33.2 Å². The van der Waals surface area contributed by atoms with Gasteiger partial charge in [-0.3, -0.25) is 0 Å². The number of aliphatic carboxylic acids is 2. The van der Waals surface area contributed by atoms with E-state index in [2.05, 4.69) is 4.90 Å². The second-order valence-corrected chi connectivity index (χ2v) is 9.58. The summed E-state index contributed by atoms with van der Waals surface area (Å²) >= 11 is 0. The minimum Gasteiger partial charge on any atom is -0.478 e. The molecule has 2 aromatic rings. The fourth-order valence-electron chi connectivity index (χ4n) is 4.89. The number of rotatable bonds is 8. The normalized spacial score (nSPS) is 18.5. The number of piperidine rings is 1. The molecule has 0 aromatic heterocycles. The number of amides is 1. The van der Waals surface area contributed by atoms with Gasteiger partial charge in [-0.15, -0.1) is 0 Å². The van der Waals surface area contributed by atoms with Crippen molar-refractivity contribution < 1.29 is 43.2 Å². The van der Waals surface area contributed by atoms with Gasteiger partial charge in [-0.25, -0.2) is 23.2 Å². The zero-order valence-electron chi connectivity index (χ0n) is 21.5. The Morgan fingerprint density at radius 1 is 0.949 bits per heavy atom. The molecule has 0 saturated carbocycles. The Labute approximate surface area is 224 Å². The Bertz CT molecular complexity index is 1100. The number of carboxylic acid groups (broad SMARTS) is 2. The smallest absolute Gasteiger partial charge is 0.409 e. The lowest BCUT2D eigenvalue weighted by Gasteiger charge is -2.42. The van der Waals surface area contributed by atoms with E-state index in [0.29, 0.717) is 29.8 Å². The summed E-state index contributed by atoms with van der Waals surface area (Å²) < 4.78 is 32.4. The van der Waals surface area contributed by atoms with Crippen LogP contribution in [0.2, 0.25) is 0 Å². The molecule has 1 unspecified atom stereocenters. The van der Waals surface area contributed by atoms with Gasteiger partial charge >= 0.3 is 18.0 Å². The van der Waals surface area contributed by atoms with Gasteiger partial charge in [0, 0.05) is 25.7 Å². The van der Waals surface area contributed by atoms with Crippen molar-refractivity contribution in [3.05, 3.63) is 83.4 Å². The summed E-state index contributed by atoms with van der Waals surface area (Å²) in [4.78, 5) is 34.5. The second-order valence-electron chi connectivity index (χ2n) is 9.58. The Kier molecular flexibility index (Phi) is 10.1. The quantitative estimate of drug-likeness (QED) is 0.430. The van der Waals surface area contributed by atoms with Crippen LogP contribution in [0.3, 0.4) is 0 Å². The number of nitrogens with zero attached hydrogens (tertiary/aromatic N) is 2. The van der Waals surface area contributed by atoms with Crippen LogP contribution in [0.1, 0.15) is 30.4 Å². The Balaban J connectivity index is 0.000000459. The highest BCUT2D eigenvalue weighted by atomic mass is 19.1. The summed E-state index contributed by atoms with van der Waals surface area (Å²) in [7, 11) is 1.74. The summed E-state index contributed by atoms with van der Waals surface area (Å²) in [5, 5.41) is 27.5. The Morgan fingerprint density at radius 3 is 1.79 bits per heavy atom. The molecule has 210 valence electrons. The topological polar surface area (TPSA) is 128 Å². The molecular weight excluding hydrogens is 514 g/mol. The van der Waals surface area contributed by atoms with E-state index in [1.54, 1.807) is 36.2 Å². The third-order valence-corrected chi connectivity index (χ3v) is 6.94. The molecular formula is C28H32F2N2O7. The van der Waals surface area contributed by atoms with Crippen LogP contribution in [0.5, 0.6) is 0 Å². The number of hydrogen-bond acceptors (Lipinski definition) is 6. The number of halogens is 2. The molecule has 4 rings (SSSR count). The highest BCUT2D eigenvalue weighted by molar-refractivity contribution is 5.89. The van der Waals surface area contributed by atoms with Gasteiger partial charge in [0.15, 0.2) is 0 Å². The number of carbonyl (C=O) groups is 3. The van der Waals surface area contributed by atoms with Gasteiger partial charge in [-0.2, -0.15) is 0 Å². The van der Waals surface area contributed by atoms with Crippen LogP contribution in [-0.2, 0) is 19.9 Å². The summed E-state index contributed by atoms with van der Waals surface area (Å²) in [5.41, 5.74) is -0.100. The molecule has 3 N–H and O–H groups in total. The average molecular weight is 547 g/mol. The molecule has 2 aliphatic rings. The van der Waals surface area contributed by atoms with Crippen molar-refractivity contribution in [3.63, 3.8) is 0 Å². The van der Waals surface area contributed by atoms with Crippen LogP contribution in [0.15, 0.2) is 60.7 Å². The third-order valence-electron chi connectivity index (χ3n) is 6.94. The van der Waals surface area contributed by atoms with E-state index in [4.69, 9.17) is 14.9 Å². The van der Waals surface area contributed by atoms with E-state index in [-0.39, 0.29) is 29.7 Å². The zero-order valence-corrected chi connectivity index (χ0v) is 21.5. The average Bonchev–Trinajstić information content (AvgIpc) is 3.24. The molecule has 1 amide bonds.